The molecule has 3 heterocycles. The van der Waals surface area contributed by atoms with E-state index in [4.69, 9.17) is 4.52 Å². The number of carbonyl (C=O) groups excluding carboxylic acids is 1. The van der Waals surface area contributed by atoms with Crippen LogP contribution in [0.15, 0.2) is 22.7 Å². The predicted octanol–water partition coefficient (Wildman–Crippen LogP) is 1.91. The molecule has 0 aliphatic carbocycles. The number of nitrogens with zero attached hydrogens (tertiary/aromatic N) is 4. The molecule has 0 aromatic carbocycles. The first-order valence-electron chi connectivity index (χ1n) is 7.21. The van der Waals surface area contributed by atoms with Crippen molar-refractivity contribution in [1.29, 1.82) is 0 Å². The molecule has 23 heavy (non-hydrogen) atoms. The average Bonchev–Trinajstić information content (AvgIpc) is 3.17. The van der Waals surface area contributed by atoms with Crippen molar-refractivity contribution in [3.63, 3.8) is 0 Å². The number of hydrogen-bond acceptors (Lipinski definition) is 7. The molecule has 1 saturated heterocycles. The van der Waals surface area contributed by atoms with Crippen LogP contribution in [-0.4, -0.2) is 52.0 Å². The zero-order valence-corrected chi connectivity index (χ0v) is 13.4. The van der Waals surface area contributed by atoms with E-state index >= 15 is 0 Å². The van der Waals surface area contributed by atoms with Gasteiger partial charge in [0.25, 0.3) is 5.91 Å². The first-order valence-corrected chi connectivity index (χ1v) is 8.02. The minimum Gasteiger partial charge on any atom is -0.360 e. The maximum absolute atomic E-state index is 12.4. The largest absolute Gasteiger partial charge is 0.360 e. The highest BCUT2D eigenvalue weighted by atomic mass is 32.1. The summed E-state index contributed by atoms with van der Waals surface area (Å²) in [6.45, 7) is 5.21. The van der Waals surface area contributed by atoms with Crippen molar-refractivity contribution in [3.05, 3.63) is 44.6 Å². The Labute approximate surface area is 136 Å². The van der Waals surface area contributed by atoms with Crippen molar-refractivity contribution in [2.45, 2.75) is 13.5 Å². The summed E-state index contributed by atoms with van der Waals surface area (Å²) >= 11 is 0.922. The lowest BCUT2D eigenvalue weighted by atomic mass is 10.2. The molecule has 1 aliphatic heterocycles. The van der Waals surface area contributed by atoms with Gasteiger partial charge in [0.1, 0.15) is 0 Å². The zero-order valence-electron chi connectivity index (χ0n) is 12.6. The van der Waals surface area contributed by atoms with Crippen LogP contribution in [0.3, 0.4) is 0 Å². The smallest absolute Gasteiger partial charge is 0.324 e. The van der Waals surface area contributed by atoms with Gasteiger partial charge in [0, 0.05) is 38.3 Å². The topological polar surface area (TPSA) is 92.7 Å². The Hall–Kier alpha value is -2.26. The van der Waals surface area contributed by atoms with Crippen LogP contribution in [-0.2, 0) is 6.54 Å². The molecule has 122 valence electrons. The van der Waals surface area contributed by atoms with Crippen molar-refractivity contribution < 1.29 is 14.2 Å². The number of piperazine rings is 1. The van der Waals surface area contributed by atoms with Crippen LogP contribution in [0.5, 0.6) is 0 Å². The molecule has 0 unspecified atom stereocenters. The fourth-order valence-corrected chi connectivity index (χ4v) is 3.31. The van der Waals surface area contributed by atoms with E-state index in [1.54, 1.807) is 4.90 Å². The Bertz CT molecular complexity index is 718. The van der Waals surface area contributed by atoms with E-state index in [-0.39, 0.29) is 10.9 Å². The fraction of sp³-hybridized carbons (Fsp3) is 0.429. The lowest BCUT2D eigenvalue weighted by Gasteiger charge is -2.33. The molecule has 2 aromatic heterocycles. The molecule has 1 aliphatic rings. The summed E-state index contributed by atoms with van der Waals surface area (Å²) in [5.41, 5.74) is 0.855. The maximum Gasteiger partial charge on any atom is 0.324 e. The fourth-order valence-electron chi connectivity index (χ4n) is 2.52. The van der Waals surface area contributed by atoms with Crippen molar-refractivity contribution in [2.24, 2.45) is 0 Å². The van der Waals surface area contributed by atoms with Crippen molar-refractivity contribution in [2.75, 3.05) is 26.2 Å². The van der Waals surface area contributed by atoms with Gasteiger partial charge in [-0.1, -0.05) is 16.5 Å². The third-order valence-corrected chi connectivity index (χ3v) is 4.72. The minimum atomic E-state index is -0.473. The summed E-state index contributed by atoms with van der Waals surface area (Å²) < 4.78 is 5.20. The van der Waals surface area contributed by atoms with Gasteiger partial charge in [-0.3, -0.25) is 19.8 Å². The number of amides is 1. The third-order valence-electron chi connectivity index (χ3n) is 3.70. The van der Waals surface area contributed by atoms with Crippen LogP contribution in [0.4, 0.5) is 5.00 Å². The van der Waals surface area contributed by atoms with Crippen molar-refractivity contribution in [1.82, 2.24) is 15.0 Å². The number of carbonyl (C=O) groups is 1. The first-order chi connectivity index (χ1) is 11.0. The second-order valence-corrected chi connectivity index (χ2v) is 6.46. The summed E-state index contributed by atoms with van der Waals surface area (Å²) in [5.74, 6) is 0.675. The molecule has 0 spiro atoms. The molecule has 0 atom stereocenters. The lowest BCUT2D eigenvalue weighted by Crippen LogP contribution is -2.48. The Balaban J connectivity index is 1.55. The normalized spacial score (nSPS) is 15.8. The van der Waals surface area contributed by atoms with Gasteiger partial charge in [-0.05, 0) is 13.0 Å². The quantitative estimate of drug-likeness (QED) is 0.625. The van der Waals surface area contributed by atoms with Gasteiger partial charge in [0.05, 0.1) is 22.0 Å². The second-order valence-electron chi connectivity index (χ2n) is 5.40. The molecule has 3 rings (SSSR count). The van der Waals surface area contributed by atoms with Gasteiger partial charge in [-0.15, -0.1) is 0 Å². The predicted molar refractivity (Wildman–Crippen MR) is 83.4 cm³/mol. The molecule has 8 nitrogen and oxygen atoms in total. The zero-order chi connectivity index (χ0) is 16.4. The van der Waals surface area contributed by atoms with Crippen LogP contribution in [0.25, 0.3) is 0 Å². The highest BCUT2D eigenvalue weighted by Gasteiger charge is 2.25. The summed E-state index contributed by atoms with van der Waals surface area (Å²) in [7, 11) is 0. The number of thiophene rings is 1. The number of rotatable bonds is 4. The van der Waals surface area contributed by atoms with Gasteiger partial charge in [-0.2, -0.15) is 0 Å². The van der Waals surface area contributed by atoms with Crippen LogP contribution in [0, 0.1) is 17.0 Å². The Morgan fingerprint density at radius 2 is 2.13 bits per heavy atom. The molecule has 1 amide bonds. The van der Waals surface area contributed by atoms with E-state index in [1.807, 2.05) is 13.0 Å². The highest BCUT2D eigenvalue weighted by Crippen LogP contribution is 2.25. The first kappa shape index (κ1) is 15.6. The third kappa shape index (κ3) is 3.57. The standard InChI is InChI=1S/C14H16N4O4S/c1-10-8-11(22-15-10)9-16-4-6-17(7-5-16)14(19)12-2-3-13(23-12)18(20)21/h2-3,8H,4-7,9H2,1H3. The molecular formula is C14H16N4O4S. The molecule has 0 saturated carbocycles. The van der Waals surface area contributed by atoms with E-state index in [2.05, 4.69) is 10.1 Å². The van der Waals surface area contributed by atoms with E-state index in [0.717, 1.165) is 35.9 Å². The molecule has 9 heteroatoms. The number of hydrogen-bond donors (Lipinski definition) is 0. The Kier molecular flexibility index (Phi) is 4.39. The van der Waals surface area contributed by atoms with Gasteiger partial charge in [-0.25, -0.2) is 0 Å². The monoisotopic (exact) mass is 336 g/mol. The number of nitro groups is 1. The molecular weight excluding hydrogens is 320 g/mol. The van der Waals surface area contributed by atoms with Crippen LogP contribution in [0.2, 0.25) is 0 Å². The van der Waals surface area contributed by atoms with Gasteiger partial charge >= 0.3 is 5.00 Å². The van der Waals surface area contributed by atoms with Crippen LogP contribution >= 0.6 is 11.3 Å². The number of aromatic nitrogens is 1. The molecule has 0 radical (unpaired) electrons. The Morgan fingerprint density at radius 3 is 2.70 bits per heavy atom. The van der Waals surface area contributed by atoms with E-state index < -0.39 is 4.92 Å². The van der Waals surface area contributed by atoms with Crippen LogP contribution in [0.1, 0.15) is 21.1 Å². The second kappa shape index (κ2) is 6.47. The summed E-state index contributed by atoms with van der Waals surface area (Å²) in [6.07, 6.45) is 0. The summed E-state index contributed by atoms with van der Waals surface area (Å²) in [6, 6.07) is 4.80. The average molecular weight is 336 g/mol. The van der Waals surface area contributed by atoms with E-state index in [1.165, 1.54) is 12.1 Å². The molecule has 1 fully saturated rings. The summed E-state index contributed by atoms with van der Waals surface area (Å²) in [5, 5.41) is 14.6. The minimum absolute atomic E-state index is 0.00678. The van der Waals surface area contributed by atoms with Crippen molar-refractivity contribution >= 4 is 22.2 Å². The molecule has 0 N–H and O–H groups in total. The SMILES string of the molecule is Cc1cc(CN2CCN(C(=O)c3ccc([N+](=O)[O-])s3)CC2)on1. The Morgan fingerprint density at radius 1 is 1.39 bits per heavy atom. The van der Waals surface area contributed by atoms with Crippen LogP contribution < -0.4 is 0 Å². The van der Waals surface area contributed by atoms with Gasteiger partial charge in [0.2, 0.25) is 0 Å². The van der Waals surface area contributed by atoms with Crippen molar-refractivity contribution in [3.8, 4) is 0 Å². The van der Waals surface area contributed by atoms with E-state index in [9.17, 15) is 14.9 Å². The summed E-state index contributed by atoms with van der Waals surface area (Å²) in [4.78, 5) is 26.9. The highest BCUT2D eigenvalue weighted by molar-refractivity contribution is 7.17. The van der Waals surface area contributed by atoms with Gasteiger partial charge in [0.15, 0.2) is 5.76 Å². The molecule has 0 bridgehead atoms. The lowest BCUT2D eigenvalue weighted by molar-refractivity contribution is -0.380. The van der Waals surface area contributed by atoms with E-state index in [0.29, 0.717) is 24.5 Å². The number of aryl methyl sites for hydroxylation is 1. The van der Waals surface area contributed by atoms with Gasteiger partial charge < -0.3 is 9.42 Å². The molecule has 2 aromatic rings. The maximum atomic E-state index is 12.4.